The van der Waals surface area contributed by atoms with Gasteiger partial charge < -0.3 is 5.73 Å². The van der Waals surface area contributed by atoms with Gasteiger partial charge in [0, 0.05) is 6.20 Å². The summed E-state index contributed by atoms with van der Waals surface area (Å²) in [6.07, 6.45) is 1.69. The highest BCUT2D eigenvalue weighted by molar-refractivity contribution is 5.35. The molecule has 3 aromatic rings. The van der Waals surface area contributed by atoms with Crippen LogP contribution in [0.5, 0.6) is 0 Å². The van der Waals surface area contributed by atoms with Crippen molar-refractivity contribution >= 4 is 11.5 Å². The van der Waals surface area contributed by atoms with Crippen molar-refractivity contribution in [3.63, 3.8) is 0 Å². The normalized spacial score (nSPS) is 10.9. The van der Waals surface area contributed by atoms with Gasteiger partial charge in [0.05, 0.1) is 12.2 Å². The Bertz CT molecular complexity index is 758. The van der Waals surface area contributed by atoms with E-state index in [0.717, 1.165) is 0 Å². The van der Waals surface area contributed by atoms with Crippen LogP contribution in [0.4, 0.5) is 5.82 Å². The average Bonchev–Trinajstić information content (AvgIpc) is 2.67. The summed E-state index contributed by atoms with van der Waals surface area (Å²) in [5.74, 6) is 0.435. The highest BCUT2D eigenvalue weighted by Gasteiger charge is 2.06. The van der Waals surface area contributed by atoms with Gasteiger partial charge in [0.15, 0.2) is 5.65 Å². The minimum absolute atomic E-state index is 0.185. The van der Waals surface area contributed by atoms with Gasteiger partial charge in [-0.05, 0) is 24.3 Å². The van der Waals surface area contributed by atoms with Crippen LogP contribution in [0, 0.1) is 0 Å². The smallest absolute Gasteiger partial charge is 0.350 e. The van der Waals surface area contributed by atoms with Crippen LogP contribution in [0.25, 0.3) is 5.65 Å². The first-order valence-corrected chi connectivity index (χ1v) is 5.50. The molecule has 6 nitrogen and oxygen atoms in total. The number of aromatic nitrogens is 4. The zero-order valence-electron chi connectivity index (χ0n) is 9.52. The monoisotopic (exact) mass is 241 g/mol. The van der Waals surface area contributed by atoms with Crippen molar-refractivity contribution in [1.29, 1.82) is 0 Å². The van der Waals surface area contributed by atoms with E-state index in [9.17, 15) is 4.79 Å². The molecule has 0 bridgehead atoms. The summed E-state index contributed by atoms with van der Waals surface area (Å²) < 4.78 is 2.86. The minimum atomic E-state index is -0.185. The molecule has 3 rings (SSSR count). The second kappa shape index (κ2) is 3.99. The lowest BCUT2D eigenvalue weighted by Crippen LogP contribution is -2.22. The molecule has 2 N–H and O–H groups in total. The van der Waals surface area contributed by atoms with Crippen molar-refractivity contribution in [3.8, 4) is 0 Å². The Morgan fingerprint density at radius 2 is 2.06 bits per heavy atom. The van der Waals surface area contributed by atoms with Crippen LogP contribution in [0.3, 0.4) is 0 Å². The molecule has 0 saturated carbocycles. The summed E-state index contributed by atoms with van der Waals surface area (Å²) >= 11 is 0. The summed E-state index contributed by atoms with van der Waals surface area (Å²) in [4.78, 5) is 16.2. The Labute approximate surface area is 102 Å². The van der Waals surface area contributed by atoms with E-state index >= 15 is 0 Å². The maximum absolute atomic E-state index is 12.0. The van der Waals surface area contributed by atoms with E-state index in [-0.39, 0.29) is 5.69 Å². The van der Waals surface area contributed by atoms with Crippen molar-refractivity contribution in [2.75, 3.05) is 5.73 Å². The Balaban J connectivity index is 2.05. The van der Waals surface area contributed by atoms with Crippen LogP contribution in [0.15, 0.2) is 47.4 Å². The molecule has 18 heavy (non-hydrogen) atoms. The maximum Gasteiger partial charge on any atom is 0.350 e. The third-order valence-corrected chi connectivity index (χ3v) is 2.63. The van der Waals surface area contributed by atoms with Gasteiger partial charge in [-0.2, -0.15) is 0 Å². The minimum Gasteiger partial charge on any atom is -0.384 e. The highest BCUT2D eigenvalue weighted by Crippen LogP contribution is 2.02. The summed E-state index contributed by atoms with van der Waals surface area (Å²) in [7, 11) is 0. The van der Waals surface area contributed by atoms with Gasteiger partial charge in [-0.1, -0.05) is 12.1 Å². The number of fused-ring (bicyclic) bond motifs is 1. The first-order chi connectivity index (χ1) is 8.74. The number of rotatable bonds is 2. The molecule has 0 aliphatic heterocycles. The van der Waals surface area contributed by atoms with Crippen molar-refractivity contribution in [2.24, 2.45) is 0 Å². The van der Waals surface area contributed by atoms with Crippen molar-refractivity contribution in [3.05, 3.63) is 58.8 Å². The van der Waals surface area contributed by atoms with E-state index in [2.05, 4.69) is 10.1 Å². The molecule has 6 heteroatoms. The molecule has 0 spiro atoms. The number of pyridine rings is 2. The van der Waals surface area contributed by atoms with Gasteiger partial charge in [-0.15, -0.1) is 5.10 Å². The molecule has 0 amide bonds. The van der Waals surface area contributed by atoms with E-state index in [0.29, 0.717) is 23.7 Å². The lowest BCUT2D eigenvalue weighted by atomic mass is 10.3. The fraction of sp³-hybridized carbons (Fsp3) is 0.0833. The second-order valence-corrected chi connectivity index (χ2v) is 3.92. The lowest BCUT2D eigenvalue weighted by Gasteiger charge is -1.99. The number of nitrogen functional groups attached to an aromatic ring is 1. The van der Waals surface area contributed by atoms with Crippen LogP contribution in [0.2, 0.25) is 0 Å². The lowest BCUT2D eigenvalue weighted by molar-refractivity contribution is 0.647. The van der Waals surface area contributed by atoms with Crippen molar-refractivity contribution in [1.82, 2.24) is 19.2 Å². The van der Waals surface area contributed by atoms with E-state index in [1.165, 1.54) is 9.08 Å². The van der Waals surface area contributed by atoms with Gasteiger partial charge in [0.25, 0.3) is 0 Å². The molecule has 0 unspecified atom stereocenters. The number of anilines is 1. The van der Waals surface area contributed by atoms with Crippen molar-refractivity contribution in [2.45, 2.75) is 6.54 Å². The molecule has 0 aliphatic rings. The predicted molar refractivity (Wildman–Crippen MR) is 67.2 cm³/mol. The second-order valence-electron chi connectivity index (χ2n) is 3.92. The van der Waals surface area contributed by atoms with Crippen LogP contribution in [0.1, 0.15) is 5.69 Å². The molecule has 90 valence electrons. The molecule has 3 heterocycles. The van der Waals surface area contributed by atoms with Crippen LogP contribution >= 0.6 is 0 Å². The Hall–Kier alpha value is -2.63. The van der Waals surface area contributed by atoms with E-state index in [1.54, 1.807) is 30.5 Å². The standard InChI is InChI=1S/C12H11N5O/c13-10-5-3-4-9(14-10)8-17-12(18)16-7-2-1-6-11(16)15-17/h1-7H,8H2,(H2,13,14). The molecule has 0 saturated heterocycles. The first kappa shape index (κ1) is 10.5. The number of hydrogen-bond donors (Lipinski definition) is 1. The maximum atomic E-state index is 12.0. The SMILES string of the molecule is Nc1cccc(Cn2nc3ccccn3c2=O)n1. The average molecular weight is 241 g/mol. The third kappa shape index (κ3) is 1.73. The van der Waals surface area contributed by atoms with Crippen LogP contribution < -0.4 is 11.4 Å². The fourth-order valence-electron chi connectivity index (χ4n) is 1.81. The molecule has 0 aromatic carbocycles. The van der Waals surface area contributed by atoms with Crippen LogP contribution in [-0.4, -0.2) is 19.2 Å². The zero-order chi connectivity index (χ0) is 12.5. The quantitative estimate of drug-likeness (QED) is 0.709. The van der Waals surface area contributed by atoms with Gasteiger partial charge in [0.1, 0.15) is 5.82 Å². The molecule has 0 radical (unpaired) electrons. The van der Waals surface area contributed by atoms with Crippen LogP contribution in [-0.2, 0) is 6.54 Å². The molecule has 0 fully saturated rings. The van der Waals surface area contributed by atoms with Gasteiger partial charge in [-0.25, -0.2) is 14.5 Å². The summed E-state index contributed by atoms with van der Waals surface area (Å²) in [6.45, 7) is 0.311. The number of nitrogens with two attached hydrogens (primary N) is 1. The molecule has 0 aliphatic carbocycles. The van der Waals surface area contributed by atoms with E-state index < -0.39 is 0 Å². The predicted octanol–water partition coefficient (Wildman–Crippen LogP) is 0.521. The van der Waals surface area contributed by atoms with Gasteiger partial charge >= 0.3 is 5.69 Å². The van der Waals surface area contributed by atoms with E-state index in [1.807, 2.05) is 12.1 Å². The third-order valence-electron chi connectivity index (χ3n) is 2.63. The first-order valence-electron chi connectivity index (χ1n) is 5.50. The molecule has 0 atom stereocenters. The summed E-state index contributed by atoms with van der Waals surface area (Å²) in [5, 5.41) is 4.22. The fourth-order valence-corrected chi connectivity index (χ4v) is 1.81. The van der Waals surface area contributed by atoms with Gasteiger partial charge in [-0.3, -0.25) is 4.40 Å². The molecular formula is C12H11N5O. The van der Waals surface area contributed by atoms with Crippen molar-refractivity contribution < 1.29 is 0 Å². The Morgan fingerprint density at radius 3 is 2.83 bits per heavy atom. The van der Waals surface area contributed by atoms with Gasteiger partial charge in [0.2, 0.25) is 0 Å². The Morgan fingerprint density at radius 1 is 1.17 bits per heavy atom. The Kier molecular flexibility index (Phi) is 2.33. The molecule has 3 aromatic heterocycles. The summed E-state index contributed by atoms with van der Waals surface area (Å²) in [5.41, 5.74) is 6.74. The molecular weight excluding hydrogens is 230 g/mol. The topological polar surface area (TPSA) is 78.2 Å². The largest absolute Gasteiger partial charge is 0.384 e. The zero-order valence-corrected chi connectivity index (χ0v) is 9.52. The van der Waals surface area contributed by atoms with E-state index in [4.69, 9.17) is 5.73 Å². The highest BCUT2D eigenvalue weighted by atomic mass is 16.2. The summed E-state index contributed by atoms with van der Waals surface area (Å²) in [6, 6.07) is 10.7. The number of nitrogens with zero attached hydrogens (tertiary/aromatic N) is 4. The number of hydrogen-bond acceptors (Lipinski definition) is 4.